The van der Waals surface area contributed by atoms with Gasteiger partial charge >= 0.3 is 0 Å². The van der Waals surface area contributed by atoms with Gasteiger partial charge in [-0.2, -0.15) is 0 Å². The van der Waals surface area contributed by atoms with Gasteiger partial charge in [-0.3, -0.25) is 9.59 Å². The molecule has 0 bridgehead atoms. The average molecular weight is 523 g/mol. The van der Waals surface area contributed by atoms with Gasteiger partial charge in [0.25, 0.3) is 5.91 Å². The standard InChI is InChI=1S/C33H38N4O2/c1-25-12-10-15-27(22-25)33(39)34-21-11-20-31-35-29-18-8-9-19-30(29)37(31)24-32(38)36(28-16-6-3-7-17-28)23-26-13-4-2-5-14-26/h2,4-5,8-10,12-15,18-19,22,28H,3,6-7,11,16-17,20-21,23-24H2,1H3,(H,34,39). The molecule has 1 N–H and O–H groups in total. The van der Waals surface area contributed by atoms with Gasteiger partial charge in [-0.25, -0.2) is 4.98 Å². The fourth-order valence-electron chi connectivity index (χ4n) is 5.65. The first-order valence-corrected chi connectivity index (χ1v) is 14.2. The molecule has 0 spiro atoms. The van der Waals surface area contributed by atoms with E-state index in [-0.39, 0.29) is 24.4 Å². The molecular formula is C33H38N4O2. The van der Waals surface area contributed by atoms with E-state index in [2.05, 4.69) is 26.9 Å². The first-order chi connectivity index (χ1) is 19.1. The van der Waals surface area contributed by atoms with E-state index in [1.165, 1.54) is 19.3 Å². The third kappa shape index (κ3) is 6.75. The third-order valence-electron chi connectivity index (χ3n) is 7.70. The number of para-hydroxylation sites is 2. The van der Waals surface area contributed by atoms with Crippen molar-refractivity contribution in [1.82, 2.24) is 19.8 Å². The minimum atomic E-state index is -0.0635. The van der Waals surface area contributed by atoms with Crippen LogP contribution in [-0.2, 0) is 24.3 Å². The monoisotopic (exact) mass is 522 g/mol. The summed E-state index contributed by atoms with van der Waals surface area (Å²) in [7, 11) is 0. The molecule has 1 heterocycles. The minimum Gasteiger partial charge on any atom is -0.352 e. The molecule has 0 atom stereocenters. The Morgan fingerprint density at radius 3 is 2.51 bits per heavy atom. The molecule has 2 amide bonds. The summed E-state index contributed by atoms with van der Waals surface area (Å²) in [5.41, 5.74) is 4.78. The van der Waals surface area contributed by atoms with Crippen LogP contribution in [0.5, 0.6) is 0 Å². The van der Waals surface area contributed by atoms with Gasteiger partial charge < -0.3 is 14.8 Å². The van der Waals surface area contributed by atoms with E-state index in [1.54, 1.807) is 0 Å². The molecule has 1 aromatic heterocycles. The lowest BCUT2D eigenvalue weighted by molar-refractivity contribution is -0.135. The van der Waals surface area contributed by atoms with Crippen LogP contribution in [-0.4, -0.2) is 38.9 Å². The molecule has 0 radical (unpaired) electrons. The SMILES string of the molecule is Cc1cccc(C(=O)NCCCc2nc3ccccc3n2CC(=O)N(Cc2ccccc2)C2CCCCC2)c1. The molecule has 0 saturated heterocycles. The van der Waals surface area contributed by atoms with E-state index in [4.69, 9.17) is 4.98 Å². The van der Waals surface area contributed by atoms with Crippen molar-refractivity contribution in [2.24, 2.45) is 0 Å². The molecule has 4 aromatic rings. The predicted molar refractivity (Wildman–Crippen MR) is 155 cm³/mol. The maximum Gasteiger partial charge on any atom is 0.251 e. The van der Waals surface area contributed by atoms with E-state index in [0.29, 0.717) is 25.1 Å². The number of hydrogen-bond acceptors (Lipinski definition) is 3. The van der Waals surface area contributed by atoms with Gasteiger partial charge in [0, 0.05) is 31.1 Å². The Bertz CT molecular complexity index is 1410. The van der Waals surface area contributed by atoms with Crippen molar-refractivity contribution in [3.63, 3.8) is 0 Å². The lowest BCUT2D eigenvalue weighted by Gasteiger charge is -2.35. The molecular weight excluding hydrogens is 484 g/mol. The van der Waals surface area contributed by atoms with Crippen LogP contribution in [0.1, 0.15) is 65.8 Å². The van der Waals surface area contributed by atoms with Gasteiger partial charge in [-0.1, -0.05) is 79.4 Å². The smallest absolute Gasteiger partial charge is 0.251 e. The van der Waals surface area contributed by atoms with Crippen molar-refractivity contribution < 1.29 is 9.59 Å². The summed E-state index contributed by atoms with van der Waals surface area (Å²) >= 11 is 0. The molecule has 6 heteroatoms. The molecule has 202 valence electrons. The third-order valence-corrected chi connectivity index (χ3v) is 7.70. The van der Waals surface area contributed by atoms with Crippen LogP contribution < -0.4 is 5.32 Å². The van der Waals surface area contributed by atoms with Crippen LogP contribution in [0.2, 0.25) is 0 Å². The second kappa shape index (κ2) is 12.7. The summed E-state index contributed by atoms with van der Waals surface area (Å²) in [5, 5.41) is 3.03. The zero-order chi connectivity index (χ0) is 27.0. The largest absolute Gasteiger partial charge is 0.352 e. The highest BCUT2D eigenvalue weighted by Crippen LogP contribution is 2.25. The zero-order valence-electron chi connectivity index (χ0n) is 22.8. The number of hydrogen-bond donors (Lipinski definition) is 1. The highest BCUT2D eigenvalue weighted by molar-refractivity contribution is 5.94. The highest BCUT2D eigenvalue weighted by atomic mass is 16.2. The lowest BCUT2D eigenvalue weighted by atomic mass is 9.93. The van der Waals surface area contributed by atoms with Crippen molar-refractivity contribution in [1.29, 1.82) is 0 Å². The van der Waals surface area contributed by atoms with Gasteiger partial charge in [-0.15, -0.1) is 0 Å². The molecule has 3 aromatic carbocycles. The number of fused-ring (bicyclic) bond motifs is 1. The summed E-state index contributed by atoms with van der Waals surface area (Å²) in [6, 6.07) is 26.2. The van der Waals surface area contributed by atoms with E-state index in [9.17, 15) is 9.59 Å². The molecule has 0 unspecified atom stereocenters. The fraction of sp³-hybridized carbons (Fsp3) is 0.364. The Hall–Kier alpha value is -3.93. The van der Waals surface area contributed by atoms with Gasteiger partial charge in [0.05, 0.1) is 11.0 Å². The molecule has 1 aliphatic carbocycles. The first-order valence-electron chi connectivity index (χ1n) is 14.2. The summed E-state index contributed by atoms with van der Waals surface area (Å²) < 4.78 is 2.08. The number of imidazole rings is 1. The Labute approximate surface area is 231 Å². The number of aryl methyl sites for hydroxylation is 2. The first kappa shape index (κ1) is 26.7. The number of rotatable bonds is 10. The molecule has 1 fully saturated rings. The Morgan fingerprint density at radius 1 is 0.949 bits per heavy atom. The van der Waals surface area contributed by atoms with Crippen LogP contribution in [0.15, 0.2) is 78.9 Å². The Kier molecular flexibility index (Phi) is 8.71. The van der Waals surface area contributed by atoms with Gasteiger partial charge in [0.1, 0.15) is 12.4 Å². The summed E-state index contributed by atoms with van der Waals surface area (Å²) in [6.45, 7) is 3.44. The summed E-state index contributed by atoms with van der Waals surface area (Å²) in [5.74, 6) is 0.965. The maximum atomic E-state index is 13.9. The zero-order valence-corrected chi connectivity index (χ0v) is 22.8. The van der Waals surface area contributed by atoms with Crippen molar-refractivity contribution in [2.75, 3.05) is 6.54 Å². The van der Waals surface area contributed by atoms with Crippen LogP contribution in [0, 0.1) is 6.92 Å². The number of aromatic nitrogens is 2. The number of carbonyl (C=O) groups is 2. The van der Waals surface area contributed by atoms with Crippen molar-refractivity contribution in [2.45, 2.75) is 71.0 Å². The summed E-state index contributed by atoms with van der Waals surface area (Å²) in [6.07, 6.45) is 7.16. The second-order valence-electron chi connectivity index (χ2n) is 10.6. The van der Waals surface area contributed by atoms with Gasteiger partial charge in [-0.05, 0) is 56.0 Å². The van der Waals surface area contributed by atoms with E-state index in [1.807, 2.05) is 73.7 Å². The number of carbonyl (C=O) groups excluding carboxylic acids is 2. The number of amides is 2. The molecule has 1 saturated carbocycles. The van der Waals surface area contributed by atoms with Crippen molar-refractivity contribution in [3.8, 4) is 0 Å². The van der Waals surface area contributed by atoms with Gasteiger partial charge in [0.2, 0.25) is 5.91 Å². The quantitative estimate of drug-likeness (QED) is 0.257. The molecule has 39 heavy (non-hydrogen) atoms. The van der Waals surface area contributed by atoms with Crippen LogP contribution in [0.4, 0.5) is 0 Å². The van der Waals surface area contributed by atoms with Crippen LogP contribution >= 0.6 is 0 Å². The van der Waals surface area contributed by atoms with Crippen molar-refractivity contribution >= 4 is 22.8 Å². The number of nitrogens with zero attached hydrogens (tertiary/aromatic N) is 3. The Morgan fingerprint density at radius 2 is 1.72 bits per heavy atom. The van der Waals surface area contributed by atoms with E-state index >= 15 is 0 Å². The fourth-order valence-corrected chi connectivity index (χ4v) is 5.65. The van der Waals surface area contributed by atoms with Crippen LogP contribution in [0.3, 0.4) is 0 Å². The lowest BCUT2D eigenvalue weighted by Crippen LogP contribution is -2.42. The van der Waals surface area contributed by atoms with Gasteiger partial charge in [0.15, 0.2) is 0 Å². The normalized spacial score (nSPS) is 13.9. The summed E-state index contributed by atoms with van der Waals surface area (Å²) in [4.78, 5) is 33.5. The number of nitrogens with one attached hydrogen (secondary N) is 1. The van der Waals surface area contributed by atoms with Crippen molar-refractivity contribution in [3.05, 3.63) is 101 Å². The molecule has 6 nitrogen and oxygen atoms in total. The predicted octanol–water partition coefficient (Wildman–Crippen LogP) is 6.07. The molecule has 1 aliphatic rings. The molecule has 5 rings (SSSR count). The maximum absolute atomic E-state index is 13.9. The number of benzene rings is 3. The molecule has 0 aliphatic heterocycles. The Balaban J connectivity index is 1.30. The second-order valence-corrected chi connectivity index (χ2v) is 10.6. The average Bonchev–Trinajstić information content (AvgIpc) is 3.31. The topological polar surface area (TPSA) is 67.2 Å². The van der Waals surface area contributed by atoms with E-state index in [0.717, 1.165) is 47.2 Å². The highest BCUT2D eigenvalue weighted by Gasteiger charge is 2.27. The van der Waals surface area contributed by atoms with Crippen LogP contribution in [0.25, 0.3) is 11.0 Å². The van der Waals surface area contributed by atoms with E-state index < -0.39 is 0 Å². The minimum absolute atomic E-state index is 0.0635.